The van der Waals surface area contributed by atoms with Crippen LogP contribution in [0.1, 0.15) is 19.3 Å². The largest absolute Gasteiger partial charge is 0.465 e. The molecule has 0 fully saturated rings. The van der Waals surface area contributed by atoms with E-state index in [9.17, 15) is 21.9 Å². The van der Waals surface area contributed by atoms with Gasteiger partial charge in [-0.25, -0.2) is 9.59 Å². The molecule has 0 saturated carbocycles. The molecule has 9 heteroatoms. The van der Waals surface area contributed by atoms with Crippen LogP contribution in [0.15, 0.2) is 11.0 Å². The van der Waals surface area contributed by atoms with Crippen LogP contribution in [0.25, 0.3) is 0 Å². The summed E-state index contributed by atoms with van der Waals surface area (Å²) in [5.74, 6) is -1.91. The monoisotopic (exact) mass is 282 g/mol. The second kappa shape index (κ2) is 4.80. The average Bonchev–Trinajstić information content (AvgIpc) is 2.71. The van der Waals surface area contributed by atoms with Gasteiger partial charge in [-0.1, -0.05) is 0 Å². The van der Waals surface area contributed by atoms with Crippen molar-refractivity contribution in [3.05, 3.63) is 15.8 Å². The van der Waals surface area contributed by atoms with Gasteiger partial charge in [0.2, 0.25) is 0 Å². The number of methoxy groups -OCH3 is 2. The predicted octanol–water partition coefficient (Wildman–Crippen LogP) is 0.980. The summed E-state index contributed by atoms with van der Waals surface area (Å²) in [6, 6.07) is 0.734. The summed E-state index contributed by atoms with van der Waals surface area (Å²) >= 11 is 0.483. The second-order valence-electron chi connectivity index (χ2n) is 2.73. The molecule has 0 unspecified atom stereocenters. The molecule has 1 aromatic rings. The van der Waals surface area contributed by atoms with Crippen molar-refractivity contribution in [1.29, 1.82) is 0 Å². The third-order valence-electron chi connectivity index (χ3n) is 1.72. The highest BCUT2D eigenvalue weighted by molar-refractivity contribution is 7.86. The quantitative estimate of drug-likeness (QED) is 0.606. The summed E-state index contributed by atoms with van der Waals surface area (Å²) in [4.78, 5) is 20.7. The van der Waals surface area contributed by atoms with E-state index in [1.807, 2.05) is 0 Å². The van der Waals surface area contributed by atoms with Crippen molar-refractivity contribution >= 4 is 33.5 Å². The maximum absolute atomic E-state index is 12.9. The third-order valence-corrected chi connectivity index (χ3v) is 3.79. The maximum atomic E-state index is 12.9. The van der Waals surface area contributed by atoms with Crippen molar-refractivity contribution in [1.82, 2.24) is 0 Å². The zero-order valence-electron chi connectivity index (χ0n) is 8.72. The van der Waals surface area contributed by atoms with E-state index in [2.05, 4.69) is 9.47 Å². The van der Waals surface area contributed by atoms with E-state index in [0.717, 1.165) is 20.3 Å². The van der Waals surface area contributed by atoms with Crippen LogP contribution < -0.4 is 0 Å². The Morgan fingerprint density at radius 3 is 2.18 bits per heavy atom. The van der Waals surface area contributed by atoms with Gasteiger partial charge in [-0.05, 0) is 6.07 Å². The molecule has 0 aliphatic rings. The Balaban J connectivity index is 3.42. The second-order valence-corrected chi connectivity index (χ2v) is 5.09. The number of thiophene rings is 1. The Kier molecular flexibility index (Phi) is 3.83. The minimum atomic E-state index is -5.11. The first-order valence-electron chi connectivity index (χ1n) is 4.06. The molecule has 94 valence electrons. The number of carbonyl (C=O) groups is 2. The molecular formula is C8H7FO6S2. The molecule has 6 nitrogen and oxygen atoms in total. The van der Waals surface area contributed by atoms with Crippen LogP contribution in [0, 0.1) is 0 Å². The van der Waals surface area contributed by atoms with Crippen molar-refractivity contribution in [2.24, 2.45) is 0 Å². The van der Waals surface area contributed by atoms with Gasteiger partial charge >= 0.3 is 22.2 Å². The van der Waals surface area contributed by atoms with Crippen molar-refractivity contribution < 1.29 is 31.4 Å². The molecule has 0 saturated heterocycles. The fraction of sp³-hybridized carbons (Fsp3) is 0.250. The normalized spacial score (nSPS) is 11.0. The molecule has 1 heterocycles. The molecule has 0 aliphatic heterocycles. The zero-order chi connectivity index (χ0) is 13.2. The zero-order valence-corrected chi connectivity index (χ0v) is 10.4. The predicted molar refractivity (Wildman–Crippen MR) is 55.3 cm³/mol. The maximum Gasteiger partial charge on any atom is 0.349 e. The fourth-order valence-corrected chi connectivity index (χ4v) is 2.94. The third kappa shape index (κ3) is 2.80. The van der Waals surface area contributed by atoms with E-state index in [-0.39, 0.29) is 4.88 Å². The lowest BCUT2D eigenvalue weighted by molar-refractivity contribution is 0.0596. The molecule has 0 amide bonds. The molecular weight excluding hydrogens is 275 g/mol. The first-order chi connectivity index (χ1) is 7.81. The highest BCUT2D eigenvalue weighted by Crippen LogP contribution is 2.29. The van der Waals surface area contributed by atoms with Crippen LogP contribution in [0.3, 0.4) is 0 Å². The van der Waals surface area contributed by atoms with Gasteiger partial charge in [0, 0.05) is 0 Å². The number of ether oxygens (including phenoxy) is 2. The Bertz CT molecular complexity index is 559. The summed E-state index contributed by atoms with van der Waals surface area (Å²) in [7, 11) is -3.03. The highest BCUT2D eigenvalue weighted by atomic mass is 32.3. The van der Waals surface area contributed by atoms with Gasteiger partial charge in [-0.3, -0.25) is 0 Å². The average molecular weight is 282 g/mol. The van der Waals surface area contributed by atoms with E-state index in [1.165, 1.54) is 0 Å². The number of rotatable bonds is 3. The van der Waals surface area contributed by atoms with Gasteiger partial charge in [0.1, 0.15) is 14.6 Å². The minimum absolute atomic E-state index is 0.205. The van der Waals surface area contributed by atoms with Gasteiger partial charge in [0.15, 0.2) is 0 Å². The highest BCUT2D eigenvalue weighted by Gasteiger charge is 2.28. The SMILES string of the molecule is COC(=O)c1cc(S(=O)(=O)F)c(C(=O)OC)s1. The molecule has 0 radical (unpaired) electrons. The van der Waals surface area contributed by atoms with E-state index in [4.69, 9.17) is 0 Å². The Hall–Kier alpha value is -1.48. The molecule has 0 aromatic carbocycles. The number of esters is 2. The standard InChI is InChI=1S/C8H7FO6S2/c1-14-7(10)4-3-5(17(9,12)13)6(16-4)8(11)15-2/h3H,1-2H3. The van der Waals surface area contributed by atoms with E-state index >= 15 is 0 Å². The van der Waals surface area contributed by atoms with Crippen LogP contribution in [-0.4, -0.2) is 34.6 Å². The lowest BCUT2D eigenvalue weighted by Crippen LogP contribution is -2.03. The van der Waals surface area contributed by atoms with E-state index in [1.54, 1.807) is 0 Å². The van der Waals surface area contributed by atoms with Crippen LogP contribution >= 0.6 is 11.3 Å². The lowest BCUT2D eigenvalue weighted by Gasteiger charge is -1.96. The Morgan fingerprint density at radius 1 is 1.24 bits per heavy atom. The van der Waals surface area contributed by atoms with E-state index < -0.39 is 31.9 Å². The van der Waals surface area contributed by atoms with Gasteiger partial charge in [0.25, 0.3) is 0 Å². The van der Waals surface area contributed by atoms with Crippen LogP contribution in [0.2, 0.25) is 0 Å². The molecule has 0 spiro atoms. The molecule has 0 atom stereocenters. The Labute approximate surface area is 100 Å². The van der Waals surface area contributed by atoms with Crippen molar-refractivity contribution in [3.63, 3.8) is 0 Å². The molecule has 1 rings (SSSR count). The van der Waals surface area contributed by atoms with Gasteiger partial charge in [-0.15, -0.1) is 15.2 Å². The number of halogens is 1. The minimum Gasteiger partial charge on any atom is -0.465 e. The van der Waals surface area contributed by atoms with Crippen molar-refractivity contribution in [3.8, 4) is 0 Å². The van der Waals surface area contributed by atoms with Gasteiger partial charge in [0.05, 0.1) is 14.2 Å². The van der Waals surface area contributed by atoms with Gasteiger partial charge < -0.3 is 9.47 Å². The lowest BCUT2D eigenvalue weighted by atomic mass is 10.4. The van der Waals surface area contributed by atoms with E-state index in [0.29, 0.717) is 11.3 Å². The summed E-state index contributed by atoms with van der Waals surface area (Å²) in [5, 5.41) is 0. The molecule has 0 bridgehead atoms. The summed E-state index contributed by atoms with van der Waals surface area (Å²) < 4.78 is 43.1. The van der Waals surface area contributed by atoms with Crippen LogP contribution in [0.5, 0.6) is 0 Å². The number of hydrogen-bond donors (Lipinski definition) is 0. The van der Waals surface area contributed by atoms with Crippen LogP contribution in [-0.2, 0) is 19.7 Å². The summed E-state index contributed by atoms with van der Waals surface area (Å²) in [5.41, 5.74) is 0. The summed E-state index contributed by atoms with van der Waals surface area (Å²) in [6.07, 6.45) is 0. The number of hydrogen-bond acceptors (Lipinski definition) is 7. The number of carbonyl (C=O) groups excluding carboxylic acids is 2. The molecule has 1 aromatic heterocycles. The first-order valence-corrected chi connectivity index (χ1v) is 6.26. The molecule has 0 N–H and O–H groups in total. The smallest absolute Gasteiger partial charge is 0.349 e. The topological polar surface area (TPSA) is 86.7 Å². The van der Waals surface area contributed by atoms with Crippen molar-refractivity contribution in [2.75, 3.05) is 14.2 Å². The van der Waals surface area contributed by atoms with Gasteiger partial charge in [-0.2, -0.15) is 8.42 Å². The van der Waals surface area contributed by atoms with Crippen molar-refractivity contribution in [2.45, 2.75) is 4.90 Å². The van der Waals surface area contributed by atoms with Crippen LogP contribution in [0.4, 0.5) is 3.89 Å². The molecule has 17 heavy (non-hydrogen) atoms. The fourth-order valence-electron chi connectivity index (χ4n) is 0.992. The Morgan fingerprint density at radius 2 is 1.76 bits per heavy atom. The first kappa shape index (κ1) is 13.6. The molecule has 0 aliphatic carbocycles. The summed E-state index contributed by atoms with van der Waals surface area (Å²) in [6.45, 7) is 0.